The molecular formula is C40H58O4. The zero-order valence-corrected chi connectivity index (χ0v) is 29.0. The van der Waals surface area contributed by atoms with Crippen LogP contribution in [0.4, 0.5) is 0 Å². The summed E-state index contributed by atoms with van der Waals surface area (Å²) in [4.78, 5) is 0. The summed E-state index contributed by atoms with van der Waals surface area (Å²) in [5.74, 6) is 0. The zero-order valence-electron chi connectivity index (χ0n) is 29.0. The third-order valence-electron chi connectivity index (χ3n) is 10.7. The molecule has 0 radical (unpaired) electrons. The second-order valence-electron chi connectivity index (χ2n) is 15.7. The standard InChI is InChI=1S/C40H58O4/c1-28(17-13-18-30(3)21-22-40-37(7,8)25-33(42)27-39(40,10)44-40)15-11-12-16-29(2)19-14-20-31(4)34-23-35-36(5,6)24-32(41)26-38(35,9)43-34/h11-20,23,32-34,41-42H,21-22,24-27H2,1-10H3. The van der Waals surface area contributed by atoms with Gasteiger partial charge in [-0.05, 0) is 95.3 Å². The van der Waals surface area contributed by atoms with Gasteiger partial charge in [-0.3, -0.25) is 0 Å². The maximum atomic E-state index is 10.4. The summed E-state index contributed by atoms with van der Waals surface area (Å²) < 4.78 is 12.8. The Balaban J connectivity index is 1.24. The Morgan fingerprint density at radius 3 is 1.98 bits per heavy atom. The molecule has 4 heteroatoms. The molecule has 2 heterocycles. The molecule has 6 atom stereocenters. The molecule has 6 unspecified atom stereocenters. The molecule has 0 spiro atoms. The van der Waals surface area contributed by atoms with Crippen molar-refractivity contribution in [3.8, 4) is 0 Å². The van der Waals surface area contributed by atoms with Crippen LogP contribution in [0.2, 0.25) is 0 Å². The lowest BCUT2D eigenvalue weighted by Gasteiger charge is -2.44. The van der Waals surface area contributed by atoms with Crippen molar-refractivity contribution < 1.29 is 19.7 Å². The van der Waals surface area contributed by atoms with E-state index in [1.54, 1.807) is 0 Å². The highest BCUT2D eigenvalue weighted by molar-refractivity contribution is 5.37. The Bertz CT molecular complexity index is 1330. The summed E-state index contributed by atoms with van der Waals surface area (Å²) in [6.07, 6.45) is 27.9. The fraction of sp³-hybridized carbons (Fsp3) is 0.600. The molecule has 0 aromatic rings. The third-order valence-corrected chi connectivity index (χ3v) is 10.7. The molecule has 0 bridgehead atoms. The van der Waals surface area contributed by atoms with Gasteiger partial charge >= 0.3 is 0 Å². The van der Waals surface area contributed by atoms with E-state index in [-0.39, 0.29) is 45.9 Å². The molecule has 2 saturated carbocycles. The van der Waals surface area contributed by atoms with Crippen molar-refractivity contribution >= 4 is 0 Å². The number of hydrogen-bond acceptors (Lipinski definition) is 4. The van der Waals surface area contributed by atoms with Gasteiger partial charge in [0.1, 0.15) is 5.60 Å². The Kier molecular flexibility index (Phi) is 10.1. The molecule has 3 fully saturated rings. The van der Waals surface area contributed by atoms with Gasteiger partial charge in [0.05, 0.1) is 29.5 Å². The number of rotatable bonds is 10. The van der Waals surface area contributed by atoms with Gasteiger partial charge in [0, 0.05) is 12.8 Å². The first kappa shape index (κ1) is 34.6. The quantitative estimate of drug-likeness (QED) is 0.149. The number of aliphatic hydroxyl groups is 2. The van der Waals surface area contributed by atoms with Crippen molar-refractivity contribution in [3.05, 3.63) is 94.7 Å². The van der Waals surface area contributed by atoms with Gasteiger partial charge in [0.15, 0.2) is 0 Å². The number of fused-ring (bicyclic) bond motifs is 2. The van der Waals surface area contributed by atoms with E-state index in [0.29, 0.717) is 6.42 Å². The largest absolute Gasteiger partial charge is 0.393 e. The van der Waals surface area contributed by atoms with Crippen molar-refractivity contribution in [3.63, 3.8) is 0 Å². The van der Waals surface area contributed by atoms with Crippen LogP contribution in [-0.4, -0.2) is 45.3 Å². The Labute approximate surface area is 267 Å². The Hall–Kier alpha value is -2.24. The molecule has 0 aromatic heterocycles. The number of aliphatic hydroxyl groups excluding tert-OH is 2. The summed E-state index contributed by atoms with van der Waals surface area (Å²) in [5.41, 5.74) is 5.47. The Morgan fingerprint density at radius 2 is 1.36 bits per heavy atom. The van der Waals surface area contributed by atoms with Gasteiger partial charge in [-0.1, -0.05) is 105 Å². The molecule has 242 valence electrons. The van der Waals surface area contributed by atoms with Gasteiger partial charge in [-0.15, -0.1) is 0 Å². The van der Waals surface area contributed by atoms with Crippen molar-refractivity contribution in [2.24, 2.45) is 10.8 Å². The topological polar surface area (TPSA) is 62.2 Å². The first-order valence-electron chi connectivity index (χ1n) is 16.6. The highest BCUT2D eigenvalue weighted by atomic mass is 16.6. The second kappa shape index (κ2) is 12.9. The first-order chi connectivity index (χ1) is 20.4. The number of epoxide rings is 1. The van der Waals surface area contributed by atoms with Crippen LogP contribution in [0.25, 0.3) is 0 Å². The van der Waals surface area contributed by atoms with Crippen LogP contribution >= 0.6 is 0 Å². The van der Waals surface area contributed by atoms with Gasteiger partial charge < -0.3 is 19.7 Å². The predicted molar refractivity (Wildman–Crippen MR) is 183 cm³/mol. The zero-order chi connectivity index (χ0) is 32.6. The summed E-state index contributed by atoms with van der Waals surface area (Å²) in [6.45, 7) is 21.7. The van der Waals surface area contributed by atoms with Gasteiger partial charge in [0.2, 0.25) is 0 Å². The average Bonchev–Trinajstić information content (AvgIpc) is 3.34. The molecule has 0 aromatic carbocycles. The van der Waals surface area contributed by atoms with Crippen LogP contribution in [-0.2, 0) is 9.47 Å². The van der Waals surface area contributed by atoms with E-state index < -0.39 is 0 Å². The van der Waals surface area contributed by atoms with E-state index in [4.69, 9.17) is 9.47 Å². The highest BCUT2D eigenvalue weighted by Crippen LogP contribution is 2.67. The van der Waals surface area contributed by atoms with E-state index in [1.165, 1.54) is 27.9 Å². The van der Waals surface area contributed by atoms with Crippen LogP contribution in [0.15, 0.2) is 94.7 Å². The number of hydrogen-bond donors (Lipinski definition) is 2. The van der Waals surface area contributed by atoms with Crippen molar-refractivity contribution in [1.82, 2.24) is 0 Å². The molecule has 0 amide bonds. The van der Waals surface area contributed by atoms with Gasteiger partial charge in [-0.25, -0.2) is 0 Å². The van der Waals surface area contributed by atoms with E-state index in [2.05, 4.69) is 136 Å². The summed E-state index contributed by atoms with van der Waals surface area (Å²) in [6, 6.07) is 0. The lowest BCUT2D eigenvalue weighted by molar-refractivity contribution is -0.0683. The maximum absolute atomic E-state index is 10.4. The monoisotopic (exact) mass is 602 g/mol. The minimum atomic E-state index is -0.382. The molecule has 44 heavy (non-hydrogen) atoms. The highest BCUT2D eigenvalue weighted by Gasteiger charge is 2.75. The normalized spacial score (nSPS) is 37.5. The molecule has 2 aliphatic heterocycles. The minimum Gasteiger partial charge on any atom is -0.393 e. The Morgan fingerprint density at radius 1 is 0.773 bits per heavy atom. The smallest absolute Gasteiger partial charge is 0.103 e. The molecule has 2 aliphatic carbocycles. The fourth-order valence-electron chi connectivity index (χ4n) is 8.39. The SMILES string of the molecule is CC(C=CC=C(C)CCC12OC1(C)CC(O)CC2(C)C)=CC=CC=C(C)C=CC=C(C)C1C=C2C(C)(C)CC(O)CC2(C)O1. The van der Waals surface area contributed by atoms with E-state index in [9.17, 15) is 10.2 Å². The second-order valence-corrected chi connectivity index (χ2v) is 15.7. The molecule has 4 aliphatic rings. The molecular weight excluding hydrogens is 544 g/mol. The minimum absolute atomic E-state index is 0.0110. The van der Waals surface area contributed by atoms with Gasteiger partial charge in [0.25, 0.3) is 0 Å². The molecule has 4 nitrogen and oxygen atoms in total. The van der Waals surface area contributed by atoms with Crippen molar-refractivity contribution in [2.45, 2.75) is 143 Å². The van der Waals surface area contributed by atoms with Gasteiger partial charge in [-0.2, -0.15) is 0 Å². The lowest BCUT2D eigenvalue weighted by Crippen LogP contribution is -2.47. The molecule has 1 saturated heterocycles. The van der Waals surface area contributed by atoms with E-state index in [0.717, 1.165) is 32.1 Å². The van der Waals surface area contributed by atoms with Crippen LogP contribution < -0.4 is 0 Å². The van der Waals surface area contributed by atoms with Crippen molar-refractivity contribution in [1.29, 1.82) is 0 Å². The summed E-state index contributed by atoms with van der Waals surface area (Å²) in [7, 11) is 0. The van der Waals surface area contributed by atoms with E-state index >= 15 is 0 Å². The predicted octanol–water partition coefficient (Wildman–Crippen LogP) is 9.19. The van der Waals surface area contributed by atoms with Crippen LogP contribution in [0.1, 0.15) is 108 Å². The lowest BCUT2D eigenvalue weighted by atomic mass is 9.61. The maximum Gasteiger partial charge on any atom is 0.103 e. The summed E-state index contributed by atoms with van der Waals surface area (Å²) >= 11 is 0. The average molecular weight is 603 g/mol. The molecule has 4 rings (SSSR count). The first-order valence-corrected chi connectivity index (χ1v) is 16.6. The fourth-order valence-corrected chi connectivity index (χ4v) is 8.39. The number of ether oxygens (including phenoxy) is 2. The number of allylic oxidation sites excluding steroid dienone is 13. The summed E-state index contributed by atoms with van der Waals surface area (Å²) in [5, 5.41) is 20.7. The van der Waals surface area contributed by atoms with E-state index in [1.807, 2.05) is 0 Å². The van der Waals surface area contributed by atoms with Crippen LogP contribution in [0, 0.1) is 10.8 Å². The van der Waals surface area contributed by atoms with Crippen LogP contribution in [0.5, 0.6) is 0 Å². The van der Waals surface area contributed by atoms with Crippen LogP contribution in [0.3, 0.4) is 0 Å². The molecule has 2 N–H and O–H groups in total. The third kappa shape index (κ3) is 7.41. The van der Waals surface area contributed by atoms with Crippen molar-refractivity contribution in [2.75, 3.05) is 0 Å².